The Morgan fingerprint density at radius 1 is 1.24 bits per heavy atom. The molecule has 1 aromatic carbocycles. The maximum absolute atomic E-state index is 6.47. The first-order chi connectivity index (χ1) is 16.4. The molecule has 1 atom stereocenters. The largest absolute Gasteiger partial charge is 0.494 e. The van der Waals surface area contributed by atoms with E-state index < -0.39 is 0 Å². The van der Waals surface area contributed by atoms with Crippen molar-refractivity contribution >= 4 is 40.1 Å². The minimum atomic E-state index is 0.383. The number of halogens is 1. The van der Waals surface area contributed by atoms with Crippen molar-refractivity contribution in [1.29, 1.82) is 0 Å². The highest BCUT2D eigenvalue weighted by molar-refractivity contribution is 6.33. The molecule has 1 aliphatic rings. The molecule has 1 saturated heterocycles. The number of aromatic nitrogens is 4. The minimum absolute atomic E-state index is 0.383. The second kappa shape index (κ2) is 9.00. The molecule has 0 spiro atoms. The van der Waals surface area contributed by atoms with Gasteiger partial charge < -0.3 is 25.6 Å². The van der Waals surface area contributed by atoms with Crippen LogP contribution in [0, 0.1) is 0 Å². The van der Waals surface area contributed by atoms with Crippen molar-refractivity contribution < 1.29 is 4.74 Å². The number of nitrogen functional groups attached to an aromatic ring is 1. The summed E-state index contributed by atoms with van der Waals surface area (Å²) >= 11 is 6.46. The lowest BCUT2D eigenvalue weighted by atomic mass is 10.2. The van der Waals surface area contributed by atoms with E-state index >= 15 is 0 Å². The number of methoxy groups -OCH3 is 1. The fourth-order valence-electron chi connectivity index (χ4n) is 4.36. The van der Waals surface area contributed by atoms with Crippen LogP contribution in [0.1, 0.15) is 6.42 Å². The lowest BCUT2D eigenvalue weighted by Crippen LogP contribution is -2.31. The van der Waals surface area contributed by atoms with E-state index in [0.29, 0.717) is 39.8 Å². The van der Waals surface area contributed by atoms with Crippen LogP contribution in [0.15, 0.2) is 48.9 Å². The van der Waals surface area contributed by atoms with Gasteiger partial charge >= 0.3 is 0 Å². The molecule has 0 aliphatic carbocycles. The van der Waals surface area contributed by atoms with Crippen LogP contribution in [0.2, 0.25) is 5.02 Å². The zero-order valence-corrected chi connectivity index (χ0v) is 20.1. The Morgan fingerprint density at radius 2 is 2.09 bits per heavy atom. The number of rotatable bonds is 6. The van der Waals surface area contributed by atoms with Gasteiger partial charge in [0.1, 0.15) is 5.75 Å². The Labute approximate surface area is 203 Å². The second-order valence-electron chi connectivity index (χ2n) is 8.57. The summed E-state index contributed by atoms with van der Waals surface area (Å²) < 4.78 is 7.46. The van der Waals surface area contributed by atoms with Gasteiger partial charge in [0.05, 0.1) is 52.8 Å². The van der Waals surface area contributed by atoms with Gasteiger partial charge in [0, 0.05) is 37.0 Å². The van der Waals surface area contributed by atoms with Gasteiger partial charge in [0.25, 0.3) is 0 Å². The van der Waals surface area contributed by atoms with E-state index in [1.165, 1.54) is 0 Å². The van der Waals surface area contributed by atoms with Crippen LogP contribution in [0.5, 0.6) is 5.75 Å². The summed E-state index contributed by atoms with van der Waals surface area (Å²) in [5.74, 6) is 1.04. The fourth-order valence-corrected chi connectivity index (χ4v) is 4.55. The van der Waals surface area contributed by atoms with Crippen molar-refractivity contribution in [3.8, 4) is 17.0 Å². The lowest BCUT2D eigenvalue weighted by Gasteiger charge is -2.24. The molecule has 0 radical (unpaired) electrons. The fraction of sp³-hybridized carbons (Fsp3) is 0.292. The van der Waals surface area contributed by atoms with Crippen LogP contribution in [0.3, 0.4) is 0 Å². The van der Waals surface area contributed by atoms with Crippen molar-refractivity contribution in [2.45, 2.75) is 12.5 Å². The number of likely N-dealkylation sites (N-methyl/N-ethyl adjacent to an activating group) is 1. The summed E-state index contributed by atoms with van der Waals surface area (Å²) in [5, 5.41) is 8.07. The van der Waals surface area contributed by atoms with E-state index in [2.05, 4.69) is 44.3 Å². The zero-order valence-electron chi connectivity index (χ0n) is 19.4. The number of hydrogen-bond donors (Lipinski definition) is 2. The van der Waals surface area contributed by atoms with Gasteiger partial charge in [-0.05, 0) is 38.7 Å². The number of hydrogen-bond acceptors (Lipinski definition) is 8. The number of pyridine rings is 1. The average Bonchev–Trinajstić information content (AvgIpc) is 3.48. The summed E-state index contributed by atoms with van der Waals surface area (Å²) in [6.45, 7) is 1.88. The van der Waals surface area contributed by atoms with Crippen molar-refractivity contribution in [1.82, 2.24) is 24.5 Å². The zero-order chi connectivity index (χ0) is 23.8. The summed E-state index contributed by atoms with van der Waals surface area (Å²) in [6.07, 6.45) is 6.30. The third kappa shape index (κ3) is 4.08. The van der Waals surface area contributed by atoms with Gasteiger partial charge in [-0.25, -0.2) is 14.5 Å². The Morgan fingerprint density at radius 3 is 2.85 bits per heavy atom. The Hall–Kier alpha value is -3.56. The monoisotopic (exact) mass is 478 g/mol. The van der Waals surface area contributed by atoms with Gasteiger partial charge in [0.15, 0.2) is 0 Å². The molecular weight excluding hydrogens is 452 g/mol. The lowest BCUT2D eigenvalue weighted by molar-refractivity contribution is 0.315. The van der Waals surface area contributed by atoms with Crippen LogP contribution < -0.4 is 20.7 Å². The van der Waals surface area contributed by atoms with Crippen LogP contribution in [0.4, 0.5) is 23.0 Å². The Kier molecular flexibility index (Phi) is 5.89. The van der Waals surface area contributed by atoms with Gasteiger partial charge in [-0.1, -0.05) is 17.7 Å². The average molecular weight is 479 g/mol. The summed E-state index contributed by atoms with van der Waals surface area (Å²) in [7, 11) is 5.86. The third-order valence-corrected chi connectivity index (χ3v) is 6.53. The smallest absolute Gasteiger partial charge is 0.227 e. The summed E-state index contributed by atoms with van der Waals surface area (Å²) in [4.78, 5) is 13.6. The number of fused-ring (bicyclic) bond motifs is 1. The molecule has 0 amide bonds. The van der Waals surface area contributed by atoms with Crippen molar-refractivity contribution in [2.75, 3.05) is 50.2 Å². The first-order valence-corrected chi connectivity index (χ1v) is 11.4. The minimum Gasteiger partial charge on any atom is -0.494 e. The van der Waals surface area contributed by atoms with E-state index in [1.807, 2.05) is 36.5 Å². The molecule has 5 rings (SSSR count). The Balaban J connectivity index is 1.46. The molecule has 1 aliphatic heterocycles. The predicted molar refractivity (Wildman–Crippen MR) is 136 cm³/mol. The number of ether oxygens (including phenoxy) is 1. The van der Waals surface area contributed by atoms with Crippen LogP contribution >= 0.6 is 11.6 Å². The third-order valence-electron chi connectivity index (χ3n) is 6.26. The SMILES string of the molecule is COc1cc(N2CCC(N(C)C)C2)c(N)cc1Nc1ncc(Cl)c(-c2cnn3ccccc23)n1. The highest BCUT2D eigenvalue weighted by atomic mass is 35.5. The van der Waals surface area contributed by atoms with E-state index in [-0.39, 0.29) is 0 Å². The quantitative estimate of drug-likeness (QED) is 0.402. The molecule has 0 bridgehead atoms. The van der Waals surface area contributed by atoms with E-state index in [0.717, 1.165) is 36.3 Å². The number of nitrogens with one attached hydrogen (secondary N) is 1. The molecule has 3 N–H and O–H groups in total. The first-order valence-electron chi connectivity index (χ1n) is 11.1. The number of anilines is 4. The number of nitrogens with two attached hydrogens (primary N) is 1. The van der Waals surface area contributed by atoms with Crippen LogP contribution in [-0.2, 0) is 0 Å². The molecule has 176 valence electrons. The van der Waals surface area contributed by atoms with E-state index in [1.54, 1.807) is 24.0 Å². The molecule has 9 nitrogen and oxygen atoms in total. The highest BCUT2D eigenvalue weighted by Crippen LogP contribution is 2.38. The molecule has 3 aromatic heterocycles. The van der Waals surface area contributed by atoms with Gasteiger partial charge in [0.2, 0.25) is 5.95 Å². The van der Waals surface area contributed by atoms with E-state index in [9.17, 15) is 0 Å². The van der Waals surface area contributed by atoms with Crippen LogP contribution in [-0.4, -0.2) is 64.8 Å². The number of nitrogens with zero attached hydrogens (tertiary/aromatic N) is 6. The molecule has 1 fully saturated rings. The molecule has 10 heteroatoms. The topological polar surface area (TPSA) is 96.8 Å². The normalized spacial score (nSPS) is 15.9. The summed E-state index contributed by atoms with van der Waals surface area (Å²) in [5.41, 5.74) is 11.1. The maximum atomic E-state index is 6.47. The van der Waals surface area contributed by atoms with Gasteiger partial charge in [-0.3, -0.25) is 0 Å². The van der Waals surface area contributed by atoms with E-state index in [4.69, 9.17) is 22.1 Å². The van der Waals surface area contributed by atoms with Gasteiger partial charge in [-0.15, -0.1) is 0 Å². The Bertz CT molecular complexity index is 1340. The molecule has 4 aromatic rings. The number of benzene rings is 1. The highest BCUT2D eigenvalue weighted by Gasteiger charge is 2.26. The van der Waals surface area contributed by atoms with Crippen LogP contribution in [0.25, 0.3) is 16.8 Å². The van der Waals surface area contributed by atoms with Crippen molar-refractivity contribution in [3.63, 3.8) is 0 Å². The summed E-state index contributed by atoms with van der Waals surface area (Å²) in [6, 6.07) is 10.2. The van der Waals surface area contributed by atoms with Crippen molar-refractivity contribution in [2.24, 2.45) is 0 Å². The predicted octanol–water partition coefficient (Wildman–Crippen LogP) is 3.92. The maximum Gasteiger partial charge on any atom is 0.227 e. The molecule has 1 unspecified atom stereocenters. The standard InChI is InChI=1S/C24H27ClN8O/c1-31(2)15-7-9-32(14-15)21-11-22(34-3)19(10-18(21)26)29-24-27-13-17(25)23(30-24)16-12-28-33-8-5-4-6-20(16)33/h4-6,8,10-13,15H,7,9,14,26H2,1-3H3,(H,27,29,30). The molecule has 34 heavy (non-hydrogen) atoms. The second-order valence-corrected chi connectivity index (χ2v) is 8.97. The molecule has 0 saturated carbocycles. The molecule has 4 heterocycles. The first kappa shape index (κ1) is 22.2. The van der Waals surface area contributed by atoms with Crippen molar-refractivity contribution in [3.05, 3.63) is 53.9 Å². The van der Waals surface area contributed by atoms with Gasteiger partial charge in [-0.2, -0.15) is 5.10 Å². The molecular formula is C24H27ClN8O.